The third-order valence-electron chi connectivity index (χ3n) is 3.21. The van der Waals surface area contributed by atoms with E-state index in [9.17, 15) is 50.0 Å². The monoisotopic (exact) mass is 428 g/mol. The summed E-state index contributed by atoms with van der Waals surface area (Å²) in [4.78, 5) is 60.2. The van der Waals surface area contributed by atoms with Gasteiger partial charge in [-0.2, -0.15) is 0 Å². The van der Waals surface area contributed by atoms with Crippen molar-refractivity contribution in [1.82, 2.24) is 0 Å². The molecule has 29 heavy (non-hydrogen) atoms. The molecule has 0 N–H and O–H groups in total. The van der Waals surface area contributed by atoms with Crippen molar-refractivity contribution < 1.29 is 48.2 Å². The molecule has 0 amide bonds. The van der Waals surface area contributed by atoms with Crippen LogP contribution in [0, 0.1) is 40.5 Å². The fourth-order valence-corrected chi connectivity index (χ4v) is 1.54. The van der Waals surface area contributed by atoms with Crippen LogP contribution in [0.5, 0.6) is 0 Å². The van der Waals surface area contributed by atoms with Crippen LogP contribution in [-0.4, -0.2) is 76.2 Å². The van der Waals surface area contributed by atoms with Crippen LogP contribution in [-0.2, 0) is 28.5 Å². The van der Waals surface area contributed by atoms with Crippen LogP contribution in [0.4, 0.5) is 0 Å². The van der Waals surface area contributed by atoms with Gasteiger partial charge in [-0.15, -0.1) is 0 Å². The standard InChI is InChI=1S/C11H16N4O14/c1-8(16)28-5-10(12(18)19,13(20)21)3-26-7-27-4-11(14(22)23,15(24)25)6-29-9(2)17/h3-7H2,1-2H3. The van der Waals surface area contributed by atoms with Gasteiger partial charge < -0.3 is 18.9 Å². The molecule has 0 bridgehead atoms. The van der Waals surface area contributed by atoms with E-state index in [2.05, 4.69) is 18.9 Å². The van der Waals surface area contributed by atoms with Crippen molar-refractivity contribution in [2.24, 2.45) is 0 Å². The van der Waals surface area contributed by atoms with Crippen LogP contribution in [0.1, 0.15) is 13.8 Å². The Balaban J connectivity index is 5.07. The lowest BCUT2D eigenvalue weighted by atomic mass is 10.2. The van der Waals surface area contributed by atoms with Crippen LogP contribution < -0.4 is 0 Å². The van der Waals surface area contributed by atoms with Crippen molar-refractivity contribution in [3.8, 4) is 0 Å². The SMILES string of the molecule is CC(=O)OCC(COCOCC(COC(C)=O)([N+](=O)[O-])[N+](=O)[O-])([N+](=O)[O-])[N+](=O)[O-]. The van der Waals surface area contributed by atoms with Crippen molar-refractivity contribution in [2.75, 3.05) is 33.2 Å². The maximum atomic E-state index is 11.1. The number of carbonyl (C=O) groups excluding carboxylic acids is 2. The van der Waals surface area contributed by atoms with Gasteiger partial charge in [-0.05, 0) is 0 Å². The molecular formula is C11H16N4O14. The highest BCUT2D eigenvalue weighted by Gasteiger charge is 2.59. The Labute approximate surface area is 160 Å². The highest BCUT2D eigenvalue weighted by Crippen LogP contribution is 2.15. The normalized spacial score (nSPS) is 11.4. The summed E-state index contributed by atoms with van der Waals surface area (Å²) in [6.07, 6.45) is 0. The second-order valence-corrected chi connectivity index (χ2v) is 5.37. The van der Waals surface area contributed by atoms with Crippen LogP contribution in [0.15, 0.2) is 0 Å². The van der Waals surface area contributed by atoms with E-state index >= 15 is 0 Å². The molecule has 0 rings (SSSR count). The van der Waals surface area contributed by atoms with Gasteiger partial charge >= 0.3 is 23.3 Å². The van der Waals surface area contributed by atoms with Crippen molar-refractivity contribution in [3.63, 3.8) is 0 Å². The fourth-order valence-electron chi connectivity index (χ4n) is 1.54. The highest BCUT2D eigenvalue weighted by atomic mass is 16.7. The Morgan fingerprint density at radius 1 is 0.655 bits per heavy atom. The van der Waals surface area contributed by atoms with Gasteiger partial charge in [-0.3, -0.25) is 50.0 Å². The van der Waals surface area contributed by atoms with Crippen LogP contribution in [0.3, 0.4) is 0 Å². The first-order valence-electron chi connectivity index (χ1n) is 7.32. The maximum Gasteiger partial charge on any atom is 0.513 e. The first-order valence-corrected chi connectivity index (χ1v) is 7.32. The molecule has 0 aromatic carbocycles. The zero-order chi connectivity index (χ0) is 22.8. The number of nitro groups is 4. The summed E-state index contributed by atoms with van der Waals surface area (Å²) in [5.74, 6) is -2.08. The van der Waals surface area contributed by atoms with Gasteiger partial charge in [0.1, 0.15) is 26.5 Å². The lowest BCUT2D eigenvalue weighted by Gasteiger charge is -2.18. The van der Waals surface area contributed by atoms with Crippen LogP contribution in [0.25, 0.3) is 0 Å². The molecule has 164 valence electrons. The lowest BCUT2D eigenvalue weighted by molar-refractivity contribution is -0.802. The van der Waals surface area contributed by atoms with E-state index < -0.39 is 76.2 Å². The summed E-state index contributed by atoms with van der Waals surface area (Å²) in [7, 11) is 0. The predicted octanol–water partition coefficient (Wildman–Crippen LogP) is -1.40. The molecule has 0 aliphatic carbocycles. The molecule has 0 spiro atoms. The minimum atomic E-state index is -3.10. The van der Waals surface area contributed by atoms with E-state index in [0.29, 0.717) is 0 Å². The van der Waals surface area contributed by atoms with Crippen molar-refractivity contribution >= 4 is 11.9 Å². The number of carbonyl (C=O) groups is 2. The second-order valence-electron chi connectivity index (χ2n) is 5.37. The number of hydrogen-bond donors (Lipinski definition) is 0. The largest absolute Gasteiger partial charge is 0.513 e. The van der Waals surface area contributed by atoms with Crippen molar-refractivity contribution in [2.45, 2.75) is 25.2 Å². The lowest BCUT2D eigenvalue weighted by Crippen LogP contribution is -2.55. The molecule has 0 radical (unpaired) electrons. The molecule has 0 heterocycles. The zero-order valence-electron chi connectivity index (χ0n) is 15.0. The van der Waals surface area contributed by atoms with E-state index in [1.165, 1.54) is 0 Å². The minimum absolute atomic E-state index is 0.854. The summed E-state index contributed by atoms with van der Waals surface area (Å²) >= 11 is 0. The third-order valence-corrected chi connectivity index (χ3v) is 3.21. The number of esters is 2. The Morgan fingerprint density at radius 3 is 1.14 bits per heavy atom. The van der Waals surface area contributed by atoms with Crippen LogP contribution in [0.2, 0.25) is 0 Å². The first kappa shape index (κ1) is 25.5. The number of hydrogen-bond acceptors (Lipinski definition) is 14. The topological polar surface area (TPSA) is 244 Å². The summed E-state index contributed by atoms with van der Waals surface area (Å²) in [6.45, 7) is -4.54. The van der Waals surface area contributed by atoms with E-state index in [0.717, 1.165) is 13.8 Å². The molecule has 0 aromatic rings. The van der Waals surface area contributed by atoms with E-state index in [4.69, 9.17) is 0 Å². The molecular weight excluding hydrogens is 412 g/mol. The maximum absolute atomic E-state index is 11.1. The van der Waals surface area contributed by atoms with Gasteiger partial charge in [0, 0.05) is 13.8 Å². The third kappa shape index (κ3) is 6.84. The quantitative estimate of drug-likeness (QED) is 0.102. The zero-order valence-corrected chi connectivity index (χ0v) is 15.0. The highest BCUT2D eigenvalue weighted by molar-refractivity contribution is 5.66. The predicted molar refractivity (Wildman–Crippen MR) is 83.5 cm³/mol. The smallest absolute Gasteiger partial charge is 0.450 e. The average molecular weight is 428 g/mol. The molecule has 0 fully saturated rings. The van der Waals surface area contributed by atoms with Gasteiger partial charge in [0.2, 0.25) is 13.2 Å². The molecule has 0 aromatic heterocycles. The number of ether oxygens (including phenoxy) is 4. The Bertz CT molecular complexity index is 594. The molecule has 0 aliphatic heterocycles. The molecule has 0 aliphatic rings. The number of nitrogens with zero attached hydrogens (tertiary/aromatic N) is 4. The summed E-state index contributed by atoms with van der Waals surface area (Å²) < 4.78 is 17.7. The van der Waals surface area contributed by atoms with E-state index in [1.54, 1.807) is 0 Å². The number of rotatable bonds is 14. The van der Waals surface area contributed by atoms with E-state index in [1.807, 2.05) is 0 Å². The second kappa shape index (κ2) is 10.7. The van der Waals surface area contributed by atoms with Gasteiger partial charge in [-0.25, -0.2) is 0 Å². The van der Waals surface area contributed by atoms with Crippen molar-refractivity contribution in [3.05, 3.63) is 40.5 Å². The summed E-state index contributed by atoms with van der Waals surface area (Å²) in [5, 5.41) is 44.2. The molecule has 0 saturated heterocycles. The van der Waals surface area contributed by atoms with Gasteiger partial charge in [0.15, 0.2) is 13.2 Å². The summed E-state index contributed by atoms with van der Waals surface area (Å²) in [6, 6.07) is 0. The first-order chi connectivity index (χ1) is 13.3. The Kier molecular flexibility index (Phi) is 9.40. The molecule has 18 heteroatoms. The Morgan fingerprint density at radius 2 is 0.931 bits per heavy atom. The van der Waals surface area contributed by atoms with Crippen molar-refractivity contribution in [1.29, 1.82) is 0 Å². The molecule has 0 atom stereocenters. The van der Waals surface area contributed by atoms with Gasteiger partial charge in [-0.1, -0.05) is 0 Å². The van der Waals surface area contributed by atoms with Gasteiger partial charge in [0.25, 0.3) is 0 Å². The van der Waals surface area contributed by atoms with Crippen LogP contribution >= 0.6 is 0 Å². The van der Waals surface area contributed by atoms with Gasteiger partial charge in [0.05, 0.1) is 0 Å². The summed E-state index contributed by atoms with van der Waals surface area (Å²) in [5.41, 5.74) is -6.20. The fraction of sp³-hybridized carbons (Fsp3) is 0.818. The molecule has 18 nitrogen and oxygen atoms in total. The molecule has 0 unspecified atom stereocenters. The van der Waals surface area contributed by atoms with E-state index in [-0.39, 0.29) is 0 Å². The molecule has 0 saturated carbocycles. The average Bonchev–Trinajstić information content (AvgIpc) is 2.58. The Hall–Kier alpha value is -3.54. The minimum Gasteiger partial charge on any atom is -0.450 e.